The highest BCUT2D eigenvalue weighted by molar-refractivity contribution is 8.28. The average Bonchev–Trinajstić information content (AvgIpc) is 2.36. The zero-order chi connectivity index (χ0) is 14.6. The first kappa shape index (κ1) is 15.1. The van der Waals surface area contributed by atoms with Gasteiger partial charge in [0.05, 0.1) is 5.69 Å². The molecule has 20 heavy (non-hydrogen) atoms. The first-order chi connectivity index (χ1) is 9.44. The van der Waals surface area contributed by atoms with E-state index in [0.717, 1.165) is 5.69 Å². The number of nitrogens with zero attached hydrogens (tertiary/aromatic N) is 1. The van der Waals surface area contributed by atoms with Crippen LogP contribution >= 0.6 is 11.2 Å². The highest BCUT2D eigenvalue weighted by Gasteiger charge is 2.14. The van der Waals surface area contributed by atoms with E-state index in [1.807, 2.05) is 23.5 Å². The minimum Gasteiger partial charge on any atom is -0.256 e. The van der Waals surface area contributed by atoms with Crippen molar-refractivity contribution in [2.24, 2.45) is 4.99 Å². The lowest BCUT2D eigenvalue weighted by molar-refractivity contribution is 1.40. The van der Waals surface area contributed by atoms with Gasteiger partial charge in [0, 0.05) is 11.1 Å². The normalized spacial score (nSPS) is 12.0. The van der Waals surface area contributed by atoms with E-state index in [0.29, 0.717) is 0 Å². The fourth-order valence-electron chi connectivity index (χ4n) is 1.86. The smallest absolute Gasteiger partial charge is 0.114 e. The molecule has 0 saturated carbocycles. The molecule has 0 unspecified atom stereocenters. The molecule has 0 heterocycles. The van der Waals surface area contributed by atoms with E-state index in [9.17, 15) is 0 Å². The first-order valence-electron chi connectivity index (χ1n) is 6.83. The maximum absolute atomic E-state index is 4.61. The summed E-state index contributed by atoms with van der Waals surface area (Å²) in [6.07, 6.45) is 1.95. The number of hydrogen-bond donors (Lipinski definition) is 0. The lowest BCUT2D eigenvalue weighted by Crippen LogP contribution is -2.13. The van der Waals surface area contributed by atoms with Crippen LogP contribution in [0.1, 0.15) is 11.1 Å². The van der Waals surface area contributed by atoms with Crippen LogP contribution in [0.2, 0.25) is 19.6 Å². The van der Waals surface area contributed by atoms with Crippen molar-refractivity contribution in [3.8, 4) is 0 Å². The van der Waals surface area contributed by atoms with E-state index in [2.05, 4.69) is 74.0 Å². The third-order valence-corrected chi connectivity index (χ3v) is 6.43. The molecule has 1 nitrogen and oxygen atoms in total. The molecular weight excluding hydrogens is 278 g/mol. The molecular formula is C17H21NSSi. The molecule has 0 radical (unpaired) electrons. The van der Waals surface area contributed by atoms with Gasteiger partial charge in [-0.05, 0) is 36.2 Å². The fourth-order valence-corrected chi connectivity index (χ4v) is 5.39. The number of rotatable bonds is 4. The summed E-state index contributed by atoms with van der Waals surface area (Å²) >= 11 is 2.00. The summed E-state index contributed by atoms with van der Waals surface area (Å²) in [6, 6.07) is 16.8. The summed E-state index contributed by atoms with van der Waals surface area (Å²) in [5.74, 6) is 0. The second-order valence-electron chi connectivity index (χ2n) is 5.83. The standard InChI is InChI=1S/C17H21NSSi/c1-14-8-5-6-9-15(14)13-18-16-10-7-11-17(12-16)19-20(2,3)4/h5-13H,1-4H3/b18-13+. The quantitative estimate of drug-likeness (QED) is 0.523. The summed E-state index contributed by atoms with van der Waals surface area (Å²) < 4.78 is 0. The van der Waals surface area contributed by atoms with Crippen molar-refractivity contribution in [3.63, 3.8) is 0 Å². The van der Waals surface area contributed by atoms with Crippen molar-refractivity contribution >= 4 is 30.3 Å². The predicted octanol–water partition coefficient (Wildman–Crippen LogP) is 5.67. The summed E-state index contributed by atoms with van der Waals surface area (Å²) in [6.45, 7) is 9.20. The van der Waals surface area contributed by atoms with E-state index in [1.54, 1.807) is 0 Å². The van der Waals surface area contributed by atoms with Gasteiger partial charge in [-0.2, -0.15) is 11.2 Å². The van der Waals surface area contributed by atoms with E-state index in [-0.39, 0.29) is 0 Å². The van der Waals surface area contributed by atoms with Gasteiger partial charge in [-0.1, -0.05) is 50.0 Å². The van der Waals surface area contributed by atoms with Gasteiger partial charge in [-0.25, -0.2) is 0 Å². The average molecular weight is 300 g/mol. The molecule has 2 aromatic rings. The van der Waals surface area contributed by atoms with Crippen LogP contribution in [0.5, 0.6) is 0 Å². The largest absolute Gasteiger partial charge is 0.256 e. The van der Waals surface area contributed by atoms with Gasteiger partial charge in [0.1, 0.15) is 7.22 Å². The van der Waals surface area contributed by atoms with E-state index in [4.69, 9.17) is 0 Å². The van der Waals surface area contributed by atoms with Gasteiger partial charge < -0.3 is 0 Å². The number of benzene rings is 2. The molecule has 2 rings (SSSR count). The van der Waals surface area contributed by atoms with Crippen molar-refractivity contribution in [3.05, 3.63) is 59.7 Å². The molecule has 0 N–H and O–H groups in total. The Labute approximate surface area is 126 Å². The van der Waals surface area contributed by atoms with Gasteiger partial charge in [-0.15, -0.1) is 0 Å². The van der Waals surface area contributed by atoms with Crippen molar-refractivity contribution in [1.82, 2.24) is 0 Å². The monoisotopic (exact) mass is 299 g/mol. The van der Waals surface area contributed by atoms with Gasteiger partial charge >= 0.3 is 0 Å². The Bertz CT molecular complexity index is 614. The zero-order valence-electron chi connectivity index (χ0n) is 12.6. The second-order valence-corrected chi connectivity index (χ2v) is 15.0. The van der Waals surface area contributed by atoms with Crippen molar-refractivity contribution in [1.29, 1.82) is 0 Å². The lowest BCUT2D eigenvalue weighted by Gasteiger charge is -2.15. The lowest BCUT2D eigenvalue weighted by atomic mass is 10.1. The van der Waals surface area contributed by atoms with E-state index in [1.165, 1.54) is 16.0 Å². The molecule has 0 amide bonds. The molecule has 0 spiro atoms. The molecule has 0 aromatic heterocycles. The Morgan fingerprint density at radius 2 is 1.75 bits per heavy atom. The van der Waals surface area contributed by atoms with Crippen LogP contribution in [0, 0.1) is 6.92 Å². The van der Waals surface area contributed by atoms with E-state index >= 15 is 0 Å². The van der Waals surface area contributed by atoms with Crippen LogP contribution in [-0.4, -0.2) is 13.4 Å². The number of hydrogen-bond acceptors (Lipinski definition) is 2. The molecule has 0 aliphatic rings. The Hall–Kier alpha value is -1.32. The van der Waals surface area contributed by atoms with Crippen LogP contribution in [0.25, 0.3) is 0 Å². The van der Waals surface area contributed by atoms with Gasteiger partial charge in [0.15, 0.2) is 0 Å². The minimum absolute atomic E-state index is 1.02. The molecule has 2 aromatic carbocycles. The second kappa shape index (κ2) is 6.42. The van der Waals surface area contributed by atoms with Gasteiger partial charge in [-0.3, -0.25) is 4.99 Å². The highest BCUT2D eigenvalue weighted by atomic mass is 32.4. The third kappa shape index (κ3) is 4.65. The molecule has 0 saturated heterocycles. The van der Waals surface area contributed by atoms with Crippen LogP contribution in [0.4, 0.5) is 5.69 Å². The zero-order valence-corrected chi connectivity index (χ0v) is 14.4. The molecule has 0 atom stereocenters. The van der Waals surface area contributed by atoms with Crippen LogP contribution < -0.4 is 0 Å². The number of aliphatic imine (C=N–C) groups is 1. The van der Waals surface area contributed by atoms with Gasteiger partial charge in [0.25, 0.3) is 0 Å². The first-order valence-corrected chi connectivity index (χ1v) is 11.9. The summed E-state index contributed by atoms with van der Waals surface area (Å²) in [4.78, 5) is 5.93. The van der Waals surface area contributed by atoms with Gasteiger partial charge in [0.2, 0.25) is 0 Å². The van der Waals surface area contributed by atoms with Crippen LogP contribution in [0.3, 0.4) is 0 Å². The Balaban J connectivity index is 2.18. The van der Waals surface area contributed by atoms with Crippen LogP contribution in [0.15, 0.2) is 58.4 Å². The molecule has 0 bridgehead atoms. The summed E-state index contributed by atoms with van der Waals surface area (Å²) in [5, 5.41) is 0. The molecule has 0 fully saturated rings. The van der Waals surface area contributed by atoms with Crippen LogP contribution in [-0.2, 0) is 0 Å². The molecule has 104 valence electrons. The predicted molar refractivity (Wildman–Crippen MR) is 94.1 cm³/mol. The van der Waals surface area contributed by atoms with E-state index < -0.39 is 7.22 Å². The molecule has 0 aliphatic carbocycles. The molecule has 0 aliphatic heterocycles. The maximum Gasteiger partial charge on any atom is 0.114 e. The Morgan fingerprint density at radius 1 is 1.00 bits per heavy atom. The maximum atomic E-state index is 4.61. The summed E-state index contributed by atoms with van der Waals surface area (Å²) in [7, 11) is -1.15. The minimum atomic E-state index is -1.15. The topological polar surface area (TPSA) is 12.4 Å². The highest BCUT2D eigenvalue weighted by Crippen LogP contribution is 2.31. The summed E-state index contributed by atoms with van der Waals surface area (Å²) in [5.41, 5.74) is 3.45. The van der Waals surface area contributed by atoms with Crippen molar-refractivity contribution in [2.75, 3.05) is 0 Å². The third-order valence-electron chi connectivity index (χ3n) is 2.78. The SMILES string of the molecule is Cc1ccccc1/C=N/c1cccc(S[Si](C)(C)C)c1. The Morgan fingerprint density at radius 3 is 2.45 bits per heavy atom. The number of aryl methyl sites for hydroxylation is 1. The Kier molecular flexibility index (Phi) is 4.84. The molecule has 3 heteroatoms. The van der Waals surface area contributed by atoms with Crippen molar-refractivity contribution in [2.45, 2.75) is 31.5 Å². The van der Waals surface area contributed by atoms with Crippen molar-refractivity contribution < 1.29 is 0 Å². The fraction of sp³-hybridized carbons (Fsp3) is 0.235.